The van der Waals surface area contributed by atoms with Crippen molar-refractivity contribution in [2.45, 2.75) is 143 Å². The molecule has 0 saturated heterocycles. The number of hydrogen-bond donors (Lipinski definition) is 4. The molecule has 0 fully saturated rings. The number of hydrogen-bond acceptors (Lipinski definition) is 8. The lowest BCUT2D eigenvalue weighted by Crippen LogP contribution is -2.53. The lowest BCUT2D eigenvalue weighted by Gasteiger charge is -2.28. The van der Waals surface area contributed by atoms with Gasteiger partial charge >= 0.3 is 12.1 Å². The van der Waals surface area contributed by atoms with Gasteiger partial charge in [-0.2, -0.15) is 0 Å². The van der Waals surface area contributed by atoms with E-state index in [0.717, 1.165) is 31.2 Å². The lowest BCUT2D eigenvalue weighted by molar-refractivity contribution is -0.155. The van der Waals surface area contributed by atoms with E-state index in [4.69, 9.17) is 14.2 Å². The standard InChI is InChI=1S/C35H59N3O8/c1-10-11-19-36-31(41)24(2)21-29(39)28(38-32(42)25(3)37-33(43)46-35(7,8)9)23-26-16-15-17-27(22-26)44-20-14-12-13-18-30(40)45-34(4,5)6/h15-17,22,24-25,28-29,39H,10-14,18-21,23H2,1-9H3,(H,36,41)(H,37,43)(H,38,42)/t24-,25-,28-,29+/m0/s1. The summed E-state index contributed by atoms with van der Waals surface area (Å²) in [5, 5.41) is 19.5. The van der Waals surface area contributed by atoms with Crippen LogP contribution in [0.4, 0.5) is 4.79 Å². The third-order valence-corrected chi connectivity index (χ3v) is 6.86. The van der Waals surface area contributed by atoms with Crippen LogP contribution in [0.1, 0.15) is 113 Å². The number of esters is 1. The summed E-state index contributed by atoms with van der Waals surface area (Å²) >= 11 is 0. The van der Waals surface area contributed by atoms with Crippen LogP contribution in [-0.2, 0) is 30.3 Å². The van der Waals surface area contributed by atoms with E-state index in [2.05, 4.69) is 16.0 Å². The minimum absolute atomic E-state index is 0.135. The van der Waals surface area contributed by atoms with Gasteiger partial charge in [0.05, 0.1) is 18.8 Å². The molecular formula is C35H59N3O8. The first-order chi connectivity index (χ1) is 21.4. The third kappa shape index (κ3) is 18.6. The fourth-order valence-corrected chi connectivity index (χ4v) is 4.48. The molecule has 4 N–H and O–H groups in total. The van der Waals surface area contributed by atoms with Crippen LogP contribution >= 0.6 is 0 Å². The first-order valence-corrected chi connectivity index (χ1v) is 16.6. The van der Waals surface area contributed by atoms with Gasteiger partial charge < -0.3 is 35.3 Å². The van der Waals surface area contributed by atoms with Gasteiger partial charge in [-0.25, -0.2) is 4.79 Å². The second-order valence-corrected chi connectivity index (χ2v) is 13.9. The summed E-state index contributed by atoms with van der Waals surface area (Å²) in [6, 6.07) is 5.74. The Morgan fingerprint density at radius 3 is 2.17 bits per heavy atom. The van der Waals surface area contributed by atoms with E-state index in [-0.39, 0.29) is 24.7 Å². The number of nitrogens with one attached hydrogen (secondary N) is 3. The highest BCUT2D eigenvalue weighted by Gasteiger charge is 2.29. The molecule has 1 rings (SSSR count). The fourth-order valence-electron chi connectivity index (χ4n) is 4.48. The molecule has 1 aromatic carbocycles. The number of rotatable bonds is 19. The predicted molar refractivity (Wildman–Crippen MR) is 178 cm³/mol. The van der Waals surface area contributed by atoms with Crippen molar-refractivity contribution in [1.29, 1.82) is 0 Å². The number of amides is 3. The highest BCUT2D eigenvalue weighted by molar-refractivity contribution is 5.85. The zero-order valence-corrected chi connectivity index (χ0v) is 29.5. The van der Waals surface area contributed by atoms with Crippen LogP contribution in [-0.4, -0.2) is 71.5 Å². The molecule has 0 aliphatic carbocycles. The molecule has 0 bridgehead atoms. The normalized spacial score (nSPS) is 14.3. The van der Waals surface area contributed by atoms with Crippen molar-refractivity contribution in [3.63, 3.8) is 0 Å². The molecule has 0 aromatic heterocycles. The van der Waals surface area contributed by atoms with E-state index in [9.17, 15) is 24.3 Å². The molecule has 0 aliphatic rings. The molecule has 0 heterocycles. The minimum Gasteiger partial charge on any atom is -0.494 e. The smallest absolute Gasteiger partial charge is 0.408 e. The van der Waals surface area contributed by atoms with E-state index < -0.39 is 47.3 Å². The van der Waals surface area contributed by atoms with Crippen LogP contribution in [0.15, 0.2) is 24.3 Å². The fraction of sp³-hybridized carbons (Fsp3) is 0.714. The highest BCUT2D eigenvalue weighted by Crippen LogP contribution is 2.19. The Hall–Kier alpha value is -3.34. The molecule has 3 amide bonds. The van der Waals surface area contributed by atoms with Crippen molar-refractivity contribution in [1.82, 2.24) is 16.0 Å². The Morgan fingerprint density at radius 1 is 0.870 bits per heavy atom. The summed E-state index contributed by atoms with van der Waals surface area (Å²) in [7, 11) is 0. The van der Waals surface area contributed by atoms with Gasteiger partial charge in [-0.3, -0.25) is 14.4 Å². The molecule has 11 nitrogen and oxygen atoms in total. The molecule has 46 heavy (non-hydrogen) atoms. The maximum Gasteiger partial charge on any atom is 0.408 e. The van der Waals surface area contributed by atoms with Gasteiger partial charge in [-0.05, 0) is 105 Å². The zero-order chi connectivity index (χ0) is 34.9. The number of benzene rings is 1. The molecule has 0 unspecified atom stereocenters. The van der Waals surface area contributed by atoms with Crippen LogP contribution in [0.3, 0.4) is 0 Å². The lowest BCUT2D eigenvalue weighted by atomic mass is 9.93. The molecule has 0 aliphatic heterocycles. The van der Waals surface area contributed by atoms with Crippen LogP contribution in [0, 0.1) is 5.92 Å². The van der Waals surface area contributed by atoms with E-state index in [1.54, 1.807) is 27.7 Å². The molecule has 0 saturated carbocycles. The maximum atomic E-state index is 13.1. The molecule has 0 spiro atoms. The second kappa shape index (κ2) is 20.0. The van der Waals surface area contributed by atoms with E-state index in [0.29, 0.717) is 31.7 Å². The Kier molecular flexibility index (Phi) is 17.7. The van der Waals surface area contributed by atoms with E-state index in [1.165, 1.54) is 6.92 Å². The SMILES string of the molecule is CCCCNC(=O)[C@@H](C)C[C@@H](O)[C@H](Cc1cccc(OCCCCCC(=O)OC(C)(C)C)c1)NC(=O)[C@H](C)NC(=O)OC(C)(C)C. The minimum atomic E-state index is -1.04. The number of aliphatic hydroxyl groups excluding tert-OH is 1. The van der Waals surface area contributed by atoms with Gasteiger partial charge in [0.15, 0.2) is 0 Å². The van der Waals surface area contributed by atoms with Crippen LogP contribution in [0.2, 0.25) is 0 Å². The first kappa shape index (κ1) is 40.7. The molecule has 0 radical (unpaired) electrons. The molecule has 4 atom stereocenters. The topological polar surface area (TPSA) is 152 Å². The summed E-state index contributed by atoms with van der Waals surface area (Å²) in [6.45, 7) is 17.1. The van der Waals surface area contributed by atoms with Crippen LogP contribution in [0.5, 0.6) is 5.75 Å². The summed E-state index contributed by atoms with van der Waals surface area (Å²) < 4.78 is 16.5. The van der Waals surface area contributed by atoms with Gasteiger partial charge in [-0.1, -0.05) is 32.4 Å². The summed E-state index contributed by atoms with van der Waals surface area (Å²) in [4.78, 5) is 49.8. The molecular weight excluding hydrogens is 590 g/mol. The molecule has 11 heteroatoms. The number of aliphatic hydroxyl groups is 1. The second-order valence-electron chi connectivity index (χ2n) is 13.9. The van der Waals surface area contributed by atoms with Gasteiger partial charge in [-0.15, -0.1) is 0 Å². The highest BCUT2D eigenvalue weighted by atomic mass is 16.6. The molecule has 262 valence electrons. The van der Waals surface area contributed by atoms with Crippen molar-refractivity contribution < 1.29 is 38.5 Å². The van der Waals surface area contributed by atoms with Crippen LogP contribution < -0.4 is 20.7 Å². The van der Waals surface area contributed by atoms with Gasteiger partial charge in [0.2, 0.25) is 11.8 Å². The number of carbonyl (C=O) groups is 4. The number of ether oxygens (including phenoxy) is 3. The summed E-state index contributed by atoms with van der Waals surface area (Å²) in [5.41, 5.74) is -0.390. The van der Waals surface area contributed by atoms with Crippen molar-refractivity contribution in [3.8, 4) is 5.75 Å². The monoisotopic (exact) mass is 649 g/mol. The van der Waals surface area contributed by atoms with Crippen molar-refractivity contribution >= 4 is 23.9 Å². The summed E-state index contributed by atoms with van der Waals surface area (Å²) in [5.74, 6) is -0.680. The Morgan fingerprint density at radius 2 is 1.54 bits per heavy atom. The zero-order valence-electron chi connectivity index (χ0n) is 29.5. The summed E-state index contributed by atoms with van der Waals surface area (Å²) in [6.07, 6.45) is 3.13. The average Bonchev–Trinajstić information content (AvgIpc) is 2.92. The number of carbonyl (C=O) groups excluding carboxylic acids is 4. The Labute approximate surface area is 275 Å². The maximum absolute atomic E-state index is 13.1. The van der Waals surface area contributed by atoms with Crippen molar-refractivity contribution in [2.24, 2.45) is 5.92 Å². The average molecular weight is 650 g/mol. The van der Waals surface area contributed by atoms with Gasteiger partial charge in [0.1, 0.15) is 23.0 Å². The quantitative estimate of drug-likeness (QED) is 0.118. The van der Waals surface area contributed by atoms with E-state index >= 15 is 0 Å². The largest absolute Gasteiger partial charge is 0.494 e. The van der Waals surface area contributed by atoms with Crippen molar-refractivity contribution in [2.75, 3.05) is 13.2 Å². The van der Waals surface area contributed by atoms with Crippen molar-refractivity contribution in [3.05, 3.63) is 29.8 Å². The first-order valence-electron chi connectivity index (χ1n) is 16.6. The predicted octanol–water partition coefficient (Wildman–Crippen LogP) is 5.21. The van der Waals surface area contributed by atoms with E-state index in [1.807, 2.05) is 52.0 Å². The Balaban J connectivity index is 2.86. The number of alkyl carbamates (subject to hydrolysis) is 1. The number of unbranched alkanes of at least 4 members (excludes halogenated alkanes) is 3. The Bertz CT molecular complexity index is 1100. The third-order valence-electron chi connectivity index (χ3n) is 6.86. The van der Waals surface area contributed by atoms with Crippen LogP contribution in [0.25, 0.3) is 0 Å². The van der Waals surface area contributed by atoms with Gasteiger partial charge in [0.25, 0.3) is 0 Å². The van der Waals surface area contributed by atoms with Gasteiger partial charge in [0, 0.05) is 18.9 Å². The molecule has 1 aromatic rings.